The monoisotopic (exact) mass is 330 g/mol. The predicted octanol–water partition coefficient (Wildman–Crippen LogP) is 3.43. The van der Waals surface area contributed by atoms with E-state index in [0.717, 1.165) is 12.4 Å². The van der Waals surface area contributed by atoms with E-state index in [4.69, 9.17) is 0 Å². The summed E-state index contributed by atoms with van der Waals surface area (Å²) in [6, 6.07) is 5.64. The molecule has 0 radical (unpaired) electrons. The first kappa shape index (κ1) is 15.7. The summed E-state index contributed by atoms with van der Waals surface area (Å²) in [5.41, 5.74) is -0.521. The number of pyridine rings is 2. The highest BCUT2D eigenvalue weighted by Gasteiger charge is 2.16. The van der Waals surface area contributed by atoms with Gasteiger partial charge < -0.3 is 5.11 Å². The van der Waals surface area contributed by atoms with Crippen molar-refractivity contribution in [2.75, 3.05) is 0 Å². The van der Waals surface area contributed by atoms with Crippen molar-refractivity contribution >= 4 is 15.9 Å². The molecule has 0 aliphatic heterocycles. The highest BCUT2D eigenvalue weighted by Crippen LogP contribution is 2.16. The van der Waals surface area contributed by atoms with Crippen molar-refractivity contribution in [3.63, 3.8) is 0 Å². The maximum Gasteiger partial charge on any atom is 0.141 e. The maximum absolute atomic E-state index is 12.3. The van der Waals surface area contributed by atoms with E-state index in [0.29, 0.717) is 10.3 Å². The molecule has 1 N–H and O–H groups in total. The van der Waals surface area contributed by atoms with Crippen LogP contribution in [0.3, 0.4) is 0 Å². The van der Waals surface area contributed by atoms with Crippen LogP contribution in [0.2, 0.25) is 0 Å². The molecule has 0 amide bonds. The number of halogens is 3. The van der Waals surface area contributed by atoms with Crippen LogP contribution in [0.4, 0.5) is 8.78 Å². The molecule has 6 heteroatoms. The van der Waals surface area contributed by atoms with E-state index in [-0.39, 0.29) is 5.82 Å². The number of nitrogens with zero attached hydrogens (tertiary/aromatic N) is 2. The van der Waals surface area contributed by atoms with Crippen LogP contribution in [0.15, 0.2) is 41.3 Å². The standard InChI is InChI=1S/C8H10FNO.C5H3BrFN/c1-8(2,11)7-4-3-6(9)5-10-7;6-5-2-1-4(7)3-8-5/h3-5,11H,1-2H3;1-3H. The molecule has 0 unspecified atom stereocenters. The van der Waals surface area contributed by atoms with Crippen molar-refractivity contribution in [1.29, 1.82) is 0 Å². The molecule has 2 aromatic heterocycles. The van der Waals surface area contributed by atoms with Crippen molar-refractivity contribution in [3.05, 3.63) is 58.6 Å². The Kier molecular flexibility index (Phi) is 5.50. The second kappa shape index (κ2) is 6.68. The normalized spacial score (nSPS) is 10.6. The fraction of sp³-hybridized carbons (Fsp3) is 0.231. The summed E-state index contributed by atoms with van der Waals surface area (Å²) >= 11 is 3.07. The van der Waals surface area contributed by atoms with Crippen LogP contribution >= 0.6 is 15.9 Å². The van der Waals surface area contributed by atoms with Gasteiger partial charge in [-0.15, -0.1) is 0 Å². The van der Waals surface area contributed by atoms with Gasteiger partial charge in [-0.2, -0.15) is 0 Å². The lowest BCUT2D eigenvalue weighted by Crippen LogP contribution is -2.17. The Labute approximate surface area is 118 Å². The summed E-state index contributed by atoms with van der Waals surface area (Å²) in [7, 11) is 0. The summed E-state index contributed by atoms with van der Waals surface area (Å²) in [5.74, 6) is -0.703. The minimum atomic E-state index is -0.992. The molecular weight excluding hydrogens is 318 g/mol. The van der Waals surface area contributed by atoms with E-state index in [1.54, 1.807) is 19.9 Å². The molecule has 0 aliphatic rings. The molecule has 2 aromatic rings. The number of hydrogen-bond acceptors (Lipinski definition) is 3. The van der Waals surface area contributed by atoms with Crippen LogP contribution in [0.5, 0.6) is 0 Å². The van der Waals surface area contributed by atoms with Crippen molar-refractivity contribution in [2.24, 2.45) is 0 Å². The zero-order valence-electron chi connectivity index (χ0n) is 10.4. The first-order chi connectivity index (χ1) is 8.79. The fourth-order valence-electron chi connectivity index (χ4n) is 1.10. The molecule has 2 rings (SSSR count). The van der Waals surface area contributed by atoms with Gasteiger partial charge in [0.25, 0.3) is 0 Å². The molecule has 0 fully saturated rings. The van der Waals surface area contributed by atoms with Gasteiger partial charge in [0.05, 0.1) is 18.1 Å². The van der Waals surface area contributed by atoms with Gasteiger partial charge in [-0.1, -0.05) is 0 Å². The summed E-state index contributed by atoms with van der Waals surface area (Å²) in [6.07, 6.45) is 2.25. The lowest BCUT2D eigenvalue weighted by Gasteiger charge is -2.15. The molecule has 0 atom stereocenters. The molecule has 102 valence electrons. The molecule has 0 spiro atoms. The number of aromatic nitrogens is 2. The third-order valence-corrected chi connectivity index (χ3v) is 2.51. The van der Waals surface area contributed by atoms with E-state index in [1.807, 2.05) is 0 Å². The minimum absolute atomic E-state index is 0.312. The molecule has 2 heterocycles. The van der Waals surface area contributed by atoms with Gasteiger partial charge in [0.15, 0.2) is 0 Å². The van der Waals surface area contributed by atoms with E-state index < -0.39 is 11.4 Å². The van der Waals surface area contributed by atoms with Gasteiger partial charge >= 0.3 is 0 Å². The van der Waals surface area contributed by atoms with Gasteiger partial charge in [0.2, 0.25) is 0 Å². The third-order valence-electron chi connectivity index (χ3n) is 2.05. The fourth-order valence-corrected chi connectivity index (χ4v) is 1.33. The lowest BCUT2D eigenvalue weighted by atomic mass is 10.1. The predicted molar refractivity (Wildman–Crippen MR) is 71.3 cm³/mol. The summed E-state index contributed by atoms with van der Waals surface area (Å²) < 4.78 is 25.0. The molecule has 0 aliphatic carbocycles. The molecule has 19 heavy (non-hydrogen) atoms. The molecule has 3 nitrogen and oxygen atoms in total. The topological polar surface area (TPSA) is 46.0 Å². The highest BCUT2D eigenvalue weighted by molar-refractivity contribution is 9.10. The van der Waals surface area contributed by atoms with Crippen LogP contribution in [0.25, 0.3) is 0 Å². The Hall–Kier alpha value is -1.40. The number of hydrogen-bond donors (Lipinski definition) is 1. The third kappa shape index (κ3) is 5.85. The first-order valence-electron chi connectivity index (χ1n) is 5.40. The number of rotatable bonds is 1. The Balaban J connectivity index is 0.000000200. The summed E-state index contributed by atoms with van der Waals surface area (Å²) in [6.45, 7) is 3.21. The van der Waals surface area contributed by atoms with Crippen LogP contribution < -0.4 is 0 Å². The SMILES string of the molecule is CC(C)(O)c1ccc(F)cn1.Fc1ccc(Br)nc1. The van der Waals surface area contributed by atoms with E-state index in [2.05, 4.69) is 25.9 Å². The molecule has 0 saturated heterocycles. The van der Waals surface area contributed by atoms with E-state index in [1.165, 1.54) is 18.2 Å². The summed E-state index contributed by atoms with van der Waals surface area (Å²) in [4.78, 5) is 7.34. The second-order valence-corrected chi connectivity index (χ2v) is 5.03. The molecular formula is C13H13BrF2N2O. The molecule has 0 bridgehead atoms. The van der Waals surface area contributed by atoms with Gasteiger partial charge in [0.1, 0.15) is 21.8 Å². The van der Waals surface area contributed by atoms with Crippen molar-refractivity contribution in [1.82, 2.24) is 9.97 Å². The zero-order chi connectivity index (χ0) is 14.5. The first-order valence-corrected chi connectivity index (χ1v) is 6.20. The zero-order valence-corrected chi connectivity index (χ0v) is 12.0. The van der Waals surface area contributed by atoms with Crippen LogP contribution in [-0.4, -0.2) is 15.1 Å². The number of aliphatic hydroxyl groups is 1. The smallest absolute Gasteiger partial charge is 0.141 e. The van der Waals surface area contributed by atoms with E-state index in [9.17, 15) is 13.9 Å². The quantitative estimate of drug-likeness (QED) is 0.815. The summed E-state index contributed by atoms with van der Waals surface area (Å²) in [5, 5.41) is 9.39. The molecule has 0 aromatic carbocycles. The second-order valence-electron chi connectivity index (χ2n) is 4.22. The Morgan fingerprint density at radius 3 is 1.84 bits per heavy atom. The van der Waals surface area contributed by atoms with E-state index >= 15 is 0 Å². The van der Waals surface area contributed by atoms with Crippen molar-refractivity contribution in [3.8, 4) is 0 Å². The average Bonchev–Trinajstić information content (AvgIpc) is 2.33. The Morgan fingerprint density at radius 1 is 1.00 bits per heavy atom. The highest BCUT2D eigenvalue weighted by atomic mass is 79.9. The van der Waals surface area contributed by atoms with Crippen molar-refractivity contribution in [2.45, 2.75) is 19.4 Å². The lowest BCUT2D eigenvalue weighted by molar-refractivity contribution is 0.0737. The van der Waals surface area contributed by atoms with Crippen LogP contribution in [-0.2, 0) is 5.60 Å². The molecule has 0 saturated carbocycles. The van der Waals surface area contributed by atoms with Gasteiger partial charge in [-0.25, -0.2) is 13.8 Å². The van der Waals surface area contributed by atoms with Gasteiger partial charge in [-0.3, -0.25) is 4.98 Å². The maximum atomic E-state index is 12.3. The average molecular weight is 331 g/mol. The van der Waals surface area contributed by atoms with Crippen LogP contribution in [0, 0.1) is 11.6 Å². The van der Waals surface area contributed by atoms with Gasteiger partial charge in [0, 0.05) is 0 Å². The van der Waals surface area contributed by atoms with Crippen LogP contribution in [0.1, 0.15) is 19.5 Å². The Bertz CT molecular complexity index is 489. The van der Waals surface area contributed by atoms with Crippen molar-refractivity contribution < 1.29 is 13.9 Å². The Morgan fingerprint density at radius 2 is 1.53 bits per heavy atom. The largest absolute Gasteiger partial charge is 0.384 e. The minimum Gasteiger partial charge on any atom is -0.384 e. The van der Waals surface area contributed by atoms with Gasteiger partial charge in [-0.05, 0) is 54.0 Å².